The first-order valence-electron chi connectivity index (χ1n) is 6.50. The minimum atomic E-state index is -0.425. The zero-order valence-electron chi connectivity index (χ0n) is 11.2. The lowest BCUT2D eigenvalue weighted by Gasteiger charge is -2.07. The van der Waals surface area contributed by atoms with Crippen molar-refractivity contribution in [2.45, 2.75) is 25.7 Å². The third-order valence-corrected chi connectivity index (χ3v) is 3.41. The van der Waals surface area contributed by atoms with Gasteiger partial charge in [-0.3, -0.25) is 10.1 Å². The molecule has 0 radical (unpaired) electrons. The minimum Gasteiger partial charge on any atom is -0.439 e. The molecule has 1 aliphatic rings. The number of nitro groups is 1. The molecule has 1 heterocycles. The monoisotopic (exact) mass is 305 g/mol. The van der Waals surface area contributed by atoms with Crippen molar-refractivity contribution in [3.8, 4) is 11.6 Å². The van der Waals surface area contributed by atoms with E-state index in [4.69, 9.17) is 16.3 Å². The Morgan fingerprint density at radius 1 is 1.33 bits per heavy atom. The summed E-state index contributed by atoms with van der Waals surface area (Å²) in [6.07, 6.45) is 2.13. The van der Waals surface area contributed by atoms with Crippen molar-refractivity contribution in [2.24, 2.45) is 0 Å². The number of aromatic nitrogens is 2. The van der Waals surface area contributed by atoms with Gasteiger partial charge in [0.25, 0.3) is 5.69 Å². The van der Waals surface area contributed by atoms with Gasteiger partial charge in [-0.1, -0.05) is 11.6 Å². The molecule has 0 saturated heterocycles. The van der Waals surface area contributed by atoms with Gasteiger partial charge in [-0.2, -0.15) is 4.98 Å². The van der Waals surface area contributed by atoms with Crippen molar-refractivity contribution in [1.29, 1.82) is 0 Å². The summed E-state index contributed by atoms with van der Waals surface area (Å²) in [5.41, 5.74) is 0.585. The van der Waals surface area contributed by atoms with Gasteiger partial charge < -0.3 is 4.74 Å². The topological polar surface area (TPSA) is 78.2 Å². The van der Waals surface area contributed by atoms with Crippen molar-refractivity contribution < 1.29 is 9.66 Å². The summed E-state index contributed by atoms with van der Waals surface area (Å²) in [5.74, 6) is 1.89. The molecule has 1 aliphatic carbocycles. The number of hydrogen-bond acceptors (Lipinski definition) is 5. The molecule has 0 bridgehead atoms. The number of nitrogens with zero attached hydrogens (tertiary/aromatic N) is 3. The fourth-order valence-corrected chi connectivity index (χ4v) is 2.19. The van der Waals surface area contributed by atoms with Crippen LogP contribution in [0.2, 0.25) is 5.15 Å². The van der Waals surface area contributed by atoms with Gasteiger partial charge in [-0.15, -0.1) is 0 Å². The summed E-state index contributed by atoms with van der Waals surface area (Å²) in [7, 11) is 0. The van der Waals surface area contributed by atoms with E-state index in [1.807, 2.05) is 0 Å². The van der Waals surface area contributed by atoms with Crippen molar-refractivity contribution in [1.82, 2.24) is 9.97 Å². The van der Waals surface area contributed by atoms with E-state index in [2.05, 4.69) is 9.97 Å². The number of rotatable bonds is 4. The average molecular weight is 306 g/mol. The second-order valence-electron chi connectivity index (χ2n) is 4.97. The molecule has 1 aromatic heterocycles. The third kappa shape index (κ3) is 3.11. The Labute approximate surface area is 125 Å². The fraction of sp³-hybridized carbons (Fsp3) is 0.286. The largest absolute Gasteiger partial charge is 0.439 e. The lowest BCUT2D eigenvalue weighted by Crippen LogP contribution is -1.97. The van der Waals surface area contributed by atoms with Gasteiger partial charge in [0.15, 0.2) is 0 Å². The van der Waals surface area contributed by atoms with Crippen LogP contribution in [0.25, 0.3) is 0 Å². The number of benzene rings is 1. The number of halogens is 1. The Bertz CT molecular complexity index is 717. The molecule has 1 aromatic carbocycles. The van der Waals surface area contributed by atoms with Crippen LogP contribution in [0.4, 0.5) is 5.69 Å². The summed E-state index contributed by atoms with van der Waals surface area (Å²) < 4.78 is 5.64. The molecule has 108 valence electrons. The van der Waals surface area contributed by atoms with E-state index in [9.17, 15) is 10.1 Å². The minimum absolute atomic E-state index is 0.0572. The molecule has 0 atom stereocenters. The molecule has 21 heavy (non-hydrogen) atoms. The summed E-state index contributed by atoms with van der Waals surface area (Å²) in [6, 6.07) is 6.09. The zero-order valence-corrected chi connectivity index (χ0v) is 12.0. The average Bonchev–Trinajstić information content (AvgIpc) is 3.21. The maximum Gasteiger partial charge on any atom is 0.272 e. The lowest BCUT2D eigenvalue weighted by atomic mass is 10.2. The Balaban J connectivity index is 1.86. The molecule has 0 aliphatic heterocycles. The summed E-state index contributed by atoms with van der Waals surface area (Å²) in [6.45, 7) is 1.66. The van der Waals surface area contributed by atoms with Gasteiger partial charge in [0.1, 0.15) is 16.7 Å². The number of ether oxygens (including phenoxy) is 1. The highest BCUT2D eigenvalue weighted by molar-refractivity contribution is 6.29. The van der Waals surface area contributed by atoms with Crippen molar-refractivity contribution in [3.63, 3.8) is 0 Å². The molecule has 0 N–H and O–H groups in total. The number of hydrogen-bond donors (Lipinski definition) is 0. The van der Waals surface area contributed by atoms with Crippen LogP contribution in [0.5, 0.6) is 11.6 Å². The van der Waals surface area contributed by atoms with Gasteiger partial charge in [0.2, 0.25) is 5.88 Å². The summed E-state index contributed by atoms with van der Waals surface area (Å²) in [5, 5.41) is 11.1. The first-order chi connectivity index (χ1) is 10.0. The van der Waals surface area contributed by atoms with Crippen LogP contribution in [0.15, 0.2) is 24.3 Å². The van der Waals surface area contributed by atoms with Gasteiger partial charge in [0.05, 0.1) is 4.92 Å². The van der Waals surface area contributed by atoms with E-state index in [0.717, 1.165) is 12.8 Å². The van der Waals surface area contributed by atoms with Crippen molar-refractivity contribution in [3.05, 3.63) is 50.9 Å². The van der Waals surface area contributed by atoms with Crippen LogP contribution in [0, 0.1) is 17.0 Å². The van der Waals surface area contributed by atoms with Crippen LogP contribution in [-0.4, -0.2) is 14.9 Å². The van der Waals surface area contributed by atoms with Crippen LogP contribution in [-0.2, 0) is 0 Å². The maximum absolute atomic E-state index is 10.8. The van der Waals surface area contributed by atoms with Crippen LogP contribution in [0.1, 0.15) is 30.1 Å². The predicted octanol–water partition coefficient (Wildman–Crippen LogP) is 4.02. The fourth-order valence-electron chi connectivity index (χ4n) is 2.01. The SMILES string of the molecule is Cc1cc(Oc2cc(Cl)nc(C3CC3)n2)ccc1[N+](=O)[O-]. The van der Waals surface area contributed by atoms with E-state index in [1.54, 1.807) is 13.0 Å². The molecule has 0 amide bonds. The molecule has 7 heteroatoms. The highest BCUT2D eigenvalue weighted by atomic mass is 35.5. The van der Waals surface area contributed by atoms with E-state index in [0.29, 0.717) is 34.1 Å². The second kappa shape index (κ2) is 5.29. The van der Waals surface area contributed by atoms with Gasteiger partial charge in [-0.25, -0.2) is 4.98 Å². The van der Waals surface area contributed by atoms with E-state index < -0.39 is 4.92 Å². The molecular weight excluding hydrogens is 294 g/mol. The highest BCUT2D eigenvalue weighted by Gasteiger charge is 2.27. The second-order valence-corrected chi connectivity index (χ2v) is 5.36. The van der Waals surface area contributed by atoms with Crippen LogP contribution < -0.4 is 4.74 Å². The smallest absolute Gasteiger partial charge is 0.272 e. The van der Waals surface area contributed by atoms with Crippen LogP contribution in [0.3, 0.4) is 0 Å². The van der Waals surface area contributed by atoms with E-state index in [-0.39, 0.29) is 5.69 Å². The van der Waals surface area contributed by atoms with Crippen molar-refractivity contribution >= 4 is 17.3 Å². The Morgan fingerprint density at radius 3 is 2.71 bits per heavy atom. The first-order valence-corrected chi connectivity index (χ1v) is 6.88. The normalized spacial score (nSPS) is 14.0. The first kappa shape index (κ1) is 13.8. The molecule has 6 nitrogen and oxygen atoms in total. The van der Waals surface area contributed by atoms with E-state index in [1.165, 1.54) is 18.2 Å². The van der Waals surface area contributed by atoms with Crippen LogP contribution >= 0.6 is 11.6 Å². The molecule has 1 fully saturated rings. The standard InChI is InChI=1S/C14H12ClN3O3/c1-8-6-10(4-5-11(8)18(19)20)21-13-7-12(15)16-14(17-13)9-2-3-9/h4-7,9H,2-3H2,1H3. The molecule has 1 saturated carbocycles. The third-order valence-electron chi connectivity index (χ3n) is 3.22. The quantitative estimate of drug-likeness (QED) is 0.484. The van der Waals surface area contributed by atoms with Gasteiger partial charge >= 0.3 is 0 Å². The summed E-state index contributed by atoms with van der Waals surface area (Å²) >= 11 is 5.97. The summed E-state index contributed by atoms with van der Waals surface area (Å²) in [4.78, 5) is 18.9. The maximum atomic E-state index is 10.8. The predicted molar refractivity (Wildman–Crippen MR) is 76.9 cm³/mol. The molecule has 0 unspecified atom stereocenters. The molecular formula is C14H12ClN3O3. The molecule has 2 aromatic rings. The van der Waals surface area contributed by atoms with Gasteiger partial charge in [0, 0.05) is 23.6 Å². The molecule has 0 spiro atoms. The highest BCUT2D eigenvalue weighted by Crippen LogP contribution is 2.39. The Morgan fingerprint density at radius 2 is 2.10 bits per heavy atom. The van der Waals surface area contributed by atoms with Gasteiger partial charge in [-0.05, 0) is 31.9 Å². The Kier molecular flexibility index (Phi) is 3.47. The zero-order chi connectivity index (χ0) is 15.0. The number of nitro benzene ring substituents is 1. The number of aryl methyl sites for hydroxylation is 1. The molecule has 3 rings (SSSR count). The van der Waals surface area contributed by atoms with E-state index >= 15 is 0 Å². The van der Waals surface area contributed by atoms with Crippen molar-refractivity contribution in [2.75, 3.05) is 0 Å². The Hall–Kier alpha value is -2.21. The lowest BCUT2D eigenvalue weighted by molar-refractivity contribution is -0.385.